The Morgan fingerprint density at radius 1 is 1.00 bits per heavy atom. The van der Waals surface area contributed by atoms with E-state index in [0.29, 0.717) is 24.5 Å². The van der Waals surface area contributed by atoms with Gasteiger partial charge in [-0.2, -0.15) is 4.31 Å². The number of amides is 2. The Balaban J connectivity index is 1.99. The average Bonchev–Trinajstić information content (AvgIpc) is 2.74. The third-order valence-electron chi connectivity index (χ3n) is 4.56. The second-order valence-corrected chi connectivity index (χ2v) is 9.83. The molecule has 0 aliphatic rings. The predicted molar refractivity (Wildman–Crippen MR) is 129 cm³/mol. The van der Waals surface area contributed by atoms with Crippen LogP contribution in [0.2, 0.25) is 0 Å². The largest absolute Gasteiger partial charge is 0.495 e. The molecule has 2 aromatic carbocycles. The molecule has 0 heterocycles. The van der Waals surface area contributed by atoms with Crippen LogP contribution in [-0.2, 0) is 19.6 Å². The smallest absolute Gasteiger partial charge is 0.243 e. The van der Waals surface area contributed by atoms with Gasteiger partial charge in [-0.3, -0.25) is 9.59 Å². The molecule has 10 heteroatoms. The molecule has 2 aromatic rings. The van der Waals surface area contributed by atoms with Gasteiger partial charge < -0.3 is 15.4 Å². The van der Waals surface area contributed by atoms with E-state index in [2.05, 4.69) is 10.6 Å². The lowest BCUT2D eigenvalue weighted by Crippen LogP contribution is -2.30. The lowest BCUT2D eigenvalue weighted by atomic mass is 10.2. The number of ether oxygens (including phenoxy) is 1. The van der Waals surface area contributed by atoms with Crippen molar-refractivity contribution in [3.05, 3.63) is 48.0 Å². The maximum Gasteiger partial charge on any atom is 0.243 e. The maximum atomic E-state index is 12.8. The highest BCUT2D eigenvalue weighted by atomic mass is 32.2. The number of rotatable bonds is 11. The molecule has 0 aromatic heterocycles. The fraction of sp³-hybridized carbons (Fsp3) is 0.364. The van der Waals surface area contributed by atoms with Crippen molar-refractivity contribution in [3.63, 3.8) is 0 Å². The van der Waals surface area contributed by atoms with E-state index in [1.807, 2.05) is 25.1 Å². The quantitative estimate of drug-likeness (QED) is 0.512. The Morgan fingerprint density at radius 3 is 2.25 bits per heavy atom. The normalized spacial score (nSPS) is 11.3. The second-order valence-electron chi connectivity index (χ2n) is 6.91. The van der Waals surface area contributed by atoms with Crippen molar-refractivity contribution >= 4 is 45.0 Å². The number of nitrogens with one attached hydrogen (secondary N) is 2. The van der Waals surface area contributed by atoms with Gasteiger partial charge in [0.15, 0.2) is 0 Å². The molecule has 0 radical (unpaired) electrons. The molecule has 0 aliphatic carbocycles. The minimum absolute atomic E-state index is 0.0252. The lowest BCUT2D eigenvalue weighted by molar-refractivity contribution is -0.114. The molecular formula is C22H29N3O5S2. The van der Waals surface area contributed by atoms with E-state index >= 15 is 0 Å². The minimum Gasteiger partial charge on any atom is -0.495 e. The molecule has 0 fully saturated rings. The number of benzene rings is 2. The molecule has 0 atom stereocenters. The SMILES string of the molecule is CCN(CC)S(=O)(=O)c1ccc(OC)c(NC(=O)CSCC(=O)Nc2cccc(C)c2)c1. The predicted octanol–water partition coefficient (Wildman–Crippen LogP) is 3.34. The Morgan fingerprint density at radius 2 is 1.66 bits per heavy atom. The van der Waals surface area contributed by atoms with E-state index < -0.39 is 10.0 Å². The molecule has 0 saturated heterocycles. The van der Waals surface area contributed by atoms with Crippen LogP contribution in [0.1, 0.15) is 19.4 Å². The van der Waals surface area contributed by atoms with Crippen molar-refractivity contribution in [1.29, 1.82) is 0 Å². The van der Waals surface area contributed by atoms with E-state index in [9.17, 15) is 18.0 Å². The first-order valence-electron chi connectivity index (χ1n) is 10.1. The van der Waals surface area contributed by atoms with E-state index in [1.54, 1.807) is 19.9 Å². The fourth-order valence-corrected chi connectivity index (χ4v) is 5.10. The number of thioether (sulfide) groups is 1. The molecule has 2 N–H and O–H groups in total. The zero-order valence-corrected chi connectivity index (χ0v) is 20.3. The van der Waals surface area contributed by atoms with E-state index in [-0.39, 0.29) is 33.9 Å². The Labute approximate surface area is 193 Å². The van der Waals surface area contributed by atoms with E-state index in [1.165, 1.54) is 29.6 Å². The molecule has 32 heavy (non-hydrogen) atoms. The van der Waals surface area contributed by atoms with Crippen LogP contribution in [0.25, 0.3) is 0 Å². The van der Waals surface area contributed by atoms with Gasteiger partial charge in [-0.15, -0.1) is 11.8 Å². The van der Waals surface area contributed by atoms with Gasteiger partial charge in [0.2, 0.25) is 21.8 Å². The Hall–Kier alpha value is -2.56. The number of aryl methyl sites for hydroxylation is 1. The van der Waals surface area contributed by atoms with Crippen LogP contribution in [0.15, 0.2) is 47.4 Å². The zero-order chi connectivity index (χ0) is 23.7. The van der Waals surface area contributed by atoms with Crippen molar-refractivity contribution < 1.29 is 22.7 Å². The number of hydrogen-bond acceptors (Lipinski definition) is 6. The van der Waals surface area contributed by atoms with Gasteiger partial charge in [-0.25, -0.2) is 8.42 Å². The van der Waals surface area contributed by atoms with Crippen LogP contribution in [-0.4, -0.2) is 56.2 Å². The van der Waals surface area contributed by atoms with Gasteiger partial charge in [0, 0.05) is 18.8 Å². The number of carbonyl (C=O) groups is 2. The van der Waals surface area contributed by atoms with Gasteiger partial charge in [-0.05, 0) is 42.8 Å². The van der Waals surface area contributed by atoms with Crippen LogP contribution >= 0.6 is 11.8 Å². The number of carbonyl (C=O) groups excluding carboxylic acids is 2. The molecule has 0 spiro atoms. The lowest BCUT2D eigenvalue weighted by Gasteiger charge is -2.19. The van der Waals surface area contributed by atoms with Gasteiger partial charge in [0.25, 0.3) is 0 Å². The standard InChI is InChI=1S/C22H29N3O5S2/c1-5-25(6-2)32(28,29)18-10-11-20(30-4)19(13-18)24-22(27)15-31-14-21(26)23-17-9-7-8-16(3)12-17/h7-13H,5-6,14-15H2,1-4H3,(H,23,26)(H,24,27). The van der Waals surface area contributed by atoms with Crippen LogP contribution in [0.4, 0.5) is 11.4 Å². The van der Waals surface area contributed by atoms with Gasteiger partial charge in [0.1, 0.15) is 5.75 Å². The molecule has 0 unspecified atom stereocenters. The topological polar surface area (TPSA) is 105 Å². The summed E-state index contributed by atoms with van der Waals surface area (Å²) in [6.07, 6.45) is 0. The van der Waals surface area contributed by atoms with Crippen LogP contribution in [0.3, 0.4) is 0 Å². The summed E-state index contributed by atoms with van der Waals surface area (Å²) in [7, 11) is -2.24. The van der Waals surface area contributed by atoms with E-state index in [4.69, 9.17) is 4.74 Å². The number of anilines is 2. The summed E-state index contributed by atoms with van der Waals surface area (Å²) >= 11 is 1.16. The second kappa shape index (κ2) is 11.9. The van der Waals surface area contributed by atoms with Crippen molar-refractivity contribution in [2.75, 3.05) is 42.3 Å². The van der Waals surface area contributed by atoms with Gasteiger partial charge in [0.05, 0.1) is 29.2 Å². The summed E-state index contributed by atoms with van der Waals surface area (Å²) in [6.45, 7) is 6.14. The average molecular weight is 480 g/mol. The summed E-state index contributed by atoms with van der Waals surface area (Å²) in [5, 5.41) is 5.47. The Kier molecular flexibility index (Phi) is 9.55. The monoisotopic (exact) mass is 479 g/mol. The summed E-state index contributed by atoms with van der Waals surface area (Å²) in [6, 6.07) is 11.8. The maximum absolute atomic E-state index is 12.8. The van der Waals surface area contributed by atoms with Crippen LogP contribution in [0.5, 0.6) is 5.75 Å². The van der Waals surface area contributed by atoms with Crippen LogP contribution < -0.4 is 15.4 Å². The van der Waals surface area contributed by atoms with E-state index in [0.717, 1.165) is 17.3 Å². The summed E-state index contributed by atoms with van der Waals surface area (Å²) in [4.78, 5) is 24.5. The van der Waals surface area contributed by atoms with Crippen molar-refractivity contribution in [1.82, 2.24) is 4.31 Å². The first-order valence-corrected chi connectivity index (χ1v) is 12.7. The number of methoxy groups -OCH3 is 1. The first kappa shape index (κ1) is 25.7. The number of nitrogens with zero attached hydrogens (tertiary/aromatic N) is 1. The molecule has 0 bridgehead atoms. The molecule has 174 valence electrons. The molecule has 0 saturated carbocycles. The van der Waals surface area contributed by atoms with Crippen molar-refractivity contribution in [2.45, 2.75) is 25.7 Å². The minimum atomic E-state index is -3.68. The molecular weight excluding hydrogens is 450 g/mol. The zero-order valence-electron chi connectivity index (χ0n) is 18.7. The number of hydrogen-bond donors (Lipinski definition) is 2. The van der Waals surface area contributed by atoms with Gasteiger partial charge in [-0.1, -0.05) is 26.0 Å². The summed E-state index contributed by atoms with van der Waals surface area (Å²) in [5.74, 6) is -0.0990. The third-order valence-corrected chi connectivity index (χ3v) is 7.53. The summed E-state index contributed by atoms with van der Waals surface area (Å²) in [5.41, 5.74) is 2.00. The van der Waals surface area contributed by atoms with Gasteiger partial charge >= 0.3 is 0 Å². The Bertz CT molecular complexity index is 1050. The molecule has 2 rings (SSSR count). The third kappa shape index (κ3) is 6.98. The highest BCUT2D eigenvalue weighted by Crippen LogP contribution is 2.29. The molecule has 8 nitrogen and oxygen atoms in total. The van der Waals surface area contributed by atoms with Crippen molar-refractivity contribution in [2.24, 2.45) is 0 Å². The fourth-order valence-electron chi connectivity index (χ4n) is 3.00. The summed E-state index contributed by atoms with van der Waals surface area (Å²) < 4.78 is 32.1. The van der Waals surface area contributed by atoms with Crippen LogP contribution in [0, 0.1) is 6.92 Å². The molecule has 0 aliphatic heterocycles. The first-order chi connectivity index (χ1) is 15.2. The van der Waals surface area contributed by atoms with Crippen molar-refractivity contribution in [3.8, 4) is 5.75 Å². The molecule has 2 amide bonds. The number of sulfonamides is 1. The highest BCUT2D eigenvalue weighted by molar-refractivity contribution is 8.00. The highest BCUT2D eigenvalue weighted by Gasteiger charge is 2.23.